The first-order valence-corrected chi connectivity index (χ1v) is 9.98. The zero-order valence-electron chi connectivity index (χ0n) is 17.3. The molecule has 1 aromatic carbocycles. The monoisotopic (exact) mass is 488 g/mol. The predicted molar refractivity (Wildman–Crippen MR) is 126 cm³/mol. The molecule has 0 aliphatic carbocycles. The number of hydrogen-bond acceptors (Lipinski definition) is 3. The lowest BCUT2D eigenvalue weighted by molar-refractivity contribution is 0.139. The van der Waals surface area contributed by atoms with Crippen LogP contribution in [-0.4, -0.2) is 43.1 Å². The first kappa shape index (κ1) is 24.0. The van der Waals surface area contributed by atoms with E-state index in [1.807, 2.05) is 38.1 Å². The molecular formula is C21H37IN4O. The molecule has 1 aliphatic heterocycles. The van der Waals surface area contributed by atoms with Crippen molar-refractivity contribution in [3.63, 3.8) is 0 Å². The molecule has 1 aliphatic rings. The van der Waals surface area contributed by atoms with Crippen LogP contribution in [0.3, 0.4) is 0 Å². The van der Waals surface area contributed by atoms with E-state index < -0.39 is 0 Å². The molecule has 27 heavy (non-hydrogen) atoms. The van der Waals surface area contributed by atoms with Gasteiger partial charge >= 0.3 is 0 Å². The fraction of sp³-hybridized carbons (Fsp3) is 0.667. The fourth-order valence-corrected chi connectivity index (χ4v) is 3.70. The summed E-state index contributed by atoms with van der Waals surface area (Å²) in [5.74, 6) is 2.99. The van der Waals surface area contributed by atoms with Gasteiger partial charge in [-0.2, -0.15) is 0 Å². The number of rotatable bonds is 8. The fourth-order valence-electron chi connectivity index (χ4n) is 3.70. The van der Waals surface area contributed by atoms with Crippen molar-refractivity contribution in [2.75, 3.05) is 31.5 Å². The molecule has 0 spiro atoms. The number of unbranched alkanes of at least 4 members (excludes halogenated alkanes) is 1. The first-order chi connectivity index (χ1) is 12.4. The van der Waals surface area contributed by atoms with Gasteiger partial charge in [-0.3, -0.25) is 4.99 Å². The Morgan fingerprint density at radius 3 is 2.41 bits per heavy atom. The van der Waals surface area contributed by atoms with Gasteiger partial charge < -0.3 is 20.7 Å². The predicted octanol–water partition coefficient (Wildman–Crippen LogP) is 4.58. The van der Waals surface area contributed by atoms with Crippen LogP contribution in [0.15, 0.2) is 29.3 Å². The Balaban J connectivity index is 0.00000364. The molecule has 1 heterocycles. The van der Waals surface area contributed by atoms with Crippen LogP contribution in [0.1, 0.15) is 47.0 Å². The molecule has 0 saturated carbocycles. The van der Waals surface area contributed by atoms with Gasteiger partial charge in [-0.1, -0.05) is 13.8 Å². The Bertz CT molecular complexity index is 552. The third kappa shape index (κ3) is 9.65. The lowest BCUT2D eigenvalue weighted by Gasteiger charge is -2.34. The van der Waals surface area contributed by atoms with Crippen LogP contribution in [0.2, 0.25) is 0 Å². The van der Waals surface area contributed by atoms with E-state index >= 15 is 0 Å². The average molecular weight is 488 g/mol. The quantitative estimate of drug-likeness (QED) is 0.244. The van der Waals surface area contributed by atoms with Crippen LogP contribution < -0.4 is 15.8 Å². The van der Waals surface area contributed by atoms with E-state index in [4.69, 9.17) is 10.5 Å². The van der Waals surface area contributed by atoms with Crippen molar-refractivity contribution >= 4 is 35.6 Å². The summed E-state index contributed by atoms with van der Waals surface area (Å²) in [6.45, 7) is 13.2. The topological polar surface area (TPSA) is 62.9 Å². The van der Waals surface area contributed by atoms with E-state index in [1.54, 1.807) is 0 Å². The molecule has 154 valence electrons. The third-order valence-corrected chi connectivity index (χ3v) is 4.61. The molecule has 1 aromatic rings. The van der Waals surface area contributed by atoms with Crippen LogP contribution >= 0.6 is 24.0 Å². The van der Waals surface area contributed by atoms with Crippen molar-refractivity contribution in [3.8, 4) is 5.75 Å². The number of ether oxygens (including phenoxy) is 1. The summed E-state index contributed by atoms with van der Waals surface area (Å²) in [6, 6.07) is 7.80. The number of nitrogens with zero attached hydrogens (tertiary/aromatic N) is 2. The van der Waals surface area contributed by atoms with Gasteiger partial charge in [0.2, 0.25) is 0 Å². The van der Waals surface area contributed by atoms with Gasteiger partial charge in [0.25, 0.3) is 0 Å². The molecule has 2 unspecified atom stereocenters. The Hall–Kier alpha value is -1.02. The molecular weight excluding hydrogens is 451 g/mol. The molecule has 0 radical (unpaired) electrons. The summed E-state index contributed by atoms with van der Waals surface area (Å²) in [5, 5.41) is 3.14. The van der Waals surface area contributed by atoms with E-state index in [-0.39, 0.29) is 30.1 Å². The molecule has 5 nitrogen and oxygen atoms in total. The number of hydrogen-bond donors (Lipinski definition) is 2. The summed E-state index contributed by atoms with van der Waals surface area (Å²) in [5.41, 5.74) is 6.91. The highest BCUT2D eigenvalue weighted by atomic mass is 127. The van der Waals surface area contributed by atoms with E-state index in [0.717, 1.165) is 36.2 Å². The van der Waals surface area contributed by atoms with Gasteiger partial charge in [0, 0.05) is 25.3 Å². The maximum atomic E-state index is 5.98. The number of likely N-dealkylation sites (tertiary alicyclic amines) is 1. The minimum Gasteiger partial charge on any atom is -0.491 e. The number of halogens is 1. The lowest BCUT2D eigenvalue weighted by atomic mass is 9.92. The number of aliphatic imine (C=N–C) groups is 1. The van der Waals surface area contributed by atoms with E-state index in [0.29, 0.717) is 5.96 Å². The lowest BCUT2D eigenvalue weighted by Crippen LogP contribution is -2.39. The van der Waals surface area contributed by atoms with Gasteiger partial charge in [-0.15, -0.1) is 24.0 Å². The Morgan fingerprint density at radius 2 is 1.81 bits per heavy atom. The van der Waals surface area contributed by atoms with Crippen LogP contribution in [0.5, 0.6) is 5.75 Å². The SMILES string of the molecule is CC1CC(C)CN(CCCCN=C(N)Nc2ccc(OC(C)C)cc2)C1.I. The van der Waals surface area contributed by atoms with Gasteiger partial charge in [-0.05, 0) is 75.8 Å². The standard InChI is InChI=1S/C21H36N4O.HI/c1-16(2)26-20-9-7-19(8-10-20)24-21(22)23-11-5-6-12-25-14-17(3)13-18(4)15-25;/h7-10,16-18H,5-6,11-15H2,1-4H3,(H3,22,23,24);1H. The number of benzene rings is 1. The van der Waals surface area contributed by atoms with Crippen LogP contribution in [-0.2, 0) is 0 Å². The normalized spacial score (nSPS) is 21.0. The Labute approximate surface area is 182 Å². The van der Waals surface area contributed by atoms with Crippen molar-refractivity contribution in [2.24, 2.45) is 22.6 Å². The second-order valence-electron chi connectivity index (χ2n) is 8.00. The molecule has 1 saturated heterocycles. The van der Waals surface area contributed by atoms with E-state index in [9.17, 15) is 0 Å². The molecule has 0 amide bonds. The van der Waals surface area contributed by atoms with Crippen molar-refractivity contribution in [1.29, 1.82) is 0 Å². The smallest absolute Gasteiger partial charge is 0.193 e. The molecule has 3 N–H and O–H groups in total. The number of nitrogens with two attached hydrogens (primary N) is 1. The highest BCUT2D eigenvalue weighted by Crippen LogP contribution is 2.21. The van der Waals surface area contributed by atoms with Crippen LogP contribution in [0.4, 0.5) is 5.69 Å². The summed E-state index contributed by atoms with van der Waals surface area (Å²) in [7, 11) is 0. The maximum Gasteiger partial charge on any atom is 0.193 e. The van der Waals surface area contributed by atoms with Crippen molar-refractivity contribution in [1.82, 2.24) is 4.90 Å². The van der Waals surface area contributed by atoms with Gasteiger partial charge in [-0.25, -0.2) is 0 Å². The molecule has 2 atom stereocenters. The Kier molecular flexibility index (Phi) is 11.1. The molecule has 6 heteroatoms. The second-order valence-corrected chi connectivity index (χ2v) is 8.00. The van der Waals surface area contributed by atoms with Crippen LogP contribution in [0, 0.1) is 11.8 Å². The molecule has 0 bridgehead atoms. The first-order valence-electron chi connectivity index (χ1n) is 9.98. The zero-order chi connectivity index (χ0) is 18.9. The summed E-state index contributed by atoms with van der Waals surface area (Å²) >= 11 is 0. The third-order valence-electron chi connectivity index (χ3n) is 4.61. The van der Waals surface area contributed by atoms with Crippen molar-refractivity contribution in [2.45, 2.75) is 53.1 Å². The number of anilines is 1. The molecule has 0 aromatic heterocycles. The highest BCUT2D eigenvalue weighted by Gasteiger charge is 2.20. The molecule has 1 fully saturated rings. The summed E-state index contributed by atoms with van der Waals surface area (Å²) < 4.78 is 5.64. The van der Waals surface area contributed by atoms with Gasteiger partial charge in [0.05, 0.1) is 6.10 Å². The maximum absolute atomic E-state index is 5.98. The summed E-state index contributed by atoms with van der Waals surface area (Å²) in [4.78, 5) is 7.04. The number of nitrogens with one attached hydrogen (secondary N) is 1. The van der Waals surface area contributed by atoms with Crippen LogP contribution in [0.25, 0.3) is 0 Å². The largest absolute Gasteiger partial charge is 0.491 e. The zero-order valence-corrected chi connectivity index (χ0v) is 19.6. The van der Waals surface area contributed by atoms with Gasteiger partial charge in [0.15, 0.2) is 5.96 Å². The second kappa shape index (κ2) is 12.4. The van der Waals surface area contributed by atoms with Crippen molar-refractivity contribution in [3.05, 3.63) is 24.3 Å². The minimum absolute atomic E-state index is 0. The van der Waals surface area contributed by atoms with Gasteiger partial charge in [0.1, 0.15) is 5.75 Å². The highest BCUT2D eigenvalue weighted by molar-refractivity contribution is 14.0. The number of piperidine rings is 1. The number of guanidine groups is 1. The van der Waals surface area contributed by atoms with E-state index in [1.165, 1.54) is 32.5 Å². The molecule has 2 rings (SSSR count). The van der Waals surface area contributed by atoms with E-state index in [2.05, 4.69) is 29.1 Å². The van der Waals surface area contributed by atoms with Crippen molar-refractivity contribution < 1.29 is 4.74 Å². The minimum atomic E-state index is 0. The average Bonchev–Trinajstić information content (AvgIpc) is 2.55. The summed E-state index contributed by atoms with van der Waals surface area (Å²) in [6.07, 6.45) is 3.80. The Morgan fingerprint density at radius 1 is 1.19 bits per heavy atom.